The zero-order chi connectivity index (χ0) is 16.1. The van der Waals surface area contributed by atoms with Crippen molar-refractivity contribution in [3.05, 3.63) is 30.3 Å². The molecule has 1 amide bonds. The summed E-state index contributed by atoms with van der Waals surface area (Å²) >= 11 is 0. The summed E-state index contributed by atoms with van der Waals surface area (Å²) in [6.45, 7) is 7.34. The Labute approximate surface area is 140 Å². The molecule has 1 aliphatic carbocycles. The van der Waals surface area contributed by atoms with Gasteiger partial charge in [-0.15, -0.1) is 0 Å². The summed E-state index contributed by atoms with van der Waals surface area (Å²) in [5, 5.41) is 0. The van der Waals surface area contributed by atoms with Gasteiger partial charge in [0.15, 0.2) is 0 Å². The van der Waals surface area contributed by atoms with Crippen molar-refractivity contribution in [1.29, 1.82) is 0 Å². The summed E-state index contributed by atoms with van der Waals surface area (Å²) in [4.78, 5) is 19.4. The highest BCUT2D eigenvalue weighted by Crippen LogP contribution is 2.24. The molecule has 0 N–H and O–H groups in total. The van der Waals surface area contributed by atoms with E-state index in [1.807, 2.05) is 18.2 Å². The SMILES string of the molecule is CCN(CC(=O)N1CCN(C2CCCC2)CC1)c1ccccc1. The Hall–Kier alpha value is -1.55. The van der Waals surface area contributed by atoms with Gasteiger partial charge in [0.1, 0.15) is 0 Å². The first-order valence-corrected chi connectivity index (χ1v) is 9.09. The van der Waals surface area contributed by atoms with E-state index in [2.05, 4.69) is 33.8 Å². The number of para-hydroxylation sites is 1. The summed E-state index contributed by atoms with van der Waals surface area (Å²) in [6.07, 6.45) is 5.47. The van der Waals surface area contributed by atoms with Crippen molar-refractivity contribution in [3.8, 4) is 0 Å². The van der Waals surface area contributed by atoms with Gasteiger partial charge in [0, 0.05) is 44.5 Å². The molecule has 0 atom stereocenters. The van der Waals surface area contributed by atoms with Gasteiger partial charge in [-0.3, -0.25) is 9.69 Å². The minimum Gasteiger partial charge on any atom is -0.362 e. The lowest BCUT2D eigenvalue weighted by molar-refractivity contribution is -0.131. The van der Waals surface area contributed by atoms with Gasteiger partial charge < -0.3 is 9.80 Å². The molecule has 1 saturated carbocycles. The number of hydrogen-bond acceptors (Lipinski definition) is 3. The second-order valence-corrected chi connectivity index (χ2v) is 6.70. The molecule has 1 aromatic carbocycles. The largest absolute Gasteiger partial charge is 0.362 e. The highest BCUT2D eigenvalue weighted by Gasteiger charge is 2.28. The van der Waals surface area contributed by atoms with Gasteiger partial charge in [-0.2, -0.15) is 0 Å². The van der Waals surface area contributed by atoms with Gasteiger partial charge in [-0.1, -0.05) is 31.0 Å². The molecule has 126 valence electrons. The summed E-state index contributed by atoms with van der Waals surface area (Å²) in [6, 6.07) is 11.0. The number of rotatable bonds is 5. The first kappa shape index (κ1) is 16.3. The summed E-state index contributed by atoms with van der Waals surface area (Å²) in [7, 11) is 0. The molecule has 4 nitrogen and oxygen atoms in total. The van der Waals surface area contributed by atoms with Crippen LogP contribution >= 0.6 is 0 Å². The minimum atomic E-state index is 0.266. The third-order valence-electron chi connectivity index (χ3n) is 5.34. The van der Waals surface area contributed by atoms with Crippen LogP contribution in [0.5, 0.6) is 0 Å². The van der Waals surface area contributed by atoms with Crippen molar-refractivity contribution >= 4 is 11.6 Å². The highest BCUT2D eigenvalue weighted by atomic mass is 16.2. The molecule has 0 radical (unpaired) electrons. The maximum Gasteiger partial charge on any atom is 0.242 e. The first-order valence-electron chi connectivity index (χ1n) is 9.09. The summed E-state index contributed by atoms with van der Waals surface area (Å²) < 4.78 is 0. The number of amides is 1. The Morgan fingerprint density at radius 1 is 1.09 bits per heavy atom. The van der Waals surface area contributed by atoms with E-state index in [1.165, 1.54) is 25.7 Å². The van der Waals surface area contributed by atoms with Crippen LogP contribution in [0.1, 0.15) is 32.6 Å². The lowest BCUT2D eigenvalue weighted by Crippen LogP contribution is -2.53. The predicted octanol–water partition coefficient (Wildman–Crippen LogP) is 2.60. The normalized spacial score (nSPS) is 20.0. The molecule has 2 fully saturated rings. The lowest BCUT2D eigenvalue weighted by atomic mass is 10.2. The predicted molar refractivity (Wildman–Crippen MR) is 94.7 cm³/mol. The van der Waals surface area contributed by atoms with Crippen LogP contribution < -0.4 is 4.90 Å². The van der Waals surface area contributed by atoms with Crippen molar-refractivity contribution < 1.29 is 4.79 Å². The van der Waals surface area contributed by atoms with Crippen molar-refractivity contribution in [2.24, 2.45) is 0 Å². The van der Waals surface area contributed by atoms with Crippen LogP contribution in [0, 0.1) is 0 Å². The number of carbonyl (C=O) groups is 1. The number of hydrogen-bond donors (Lipinski definition) is 0. The highest BCUT2D eigenvalue weighted by molar-refractivity contribution is 5.81. The lowest BCUT2D eigenvalue weighted by Gasteiger charge is -2.38. The van der Waals surface area contributed by atoms with E-state index in [1.54, 1.807) is 0 Å². The molecule has 1 aliphatic heterocycles. The molecule has 1 heterocycles. The fraction of sp³-hybridized carbons (Fsp3) is 0.632. The summed E-state index contributed by atoms with van der Waals surface area (Å²) in [5.41, 5.74) is 1.13. The molecular weight excluding hydrogens is 286 g/mol. The Balaban J connectivity index is 1.50. The second-order valence-electron chi connectivity index (χ2n) is 6.70. The van der Waals surface area contributed by atoms with Gasteiger partial charge in [-0.05, 0) is 31.9 Å². The Morgan fingerprint density at radius 3 is 2.35 bits per heavy atom. The Morgan fingerprint density at radius 2 is 1.74 bits per heavy atom. The van der Waals surface area contributed by atoms with Gasteiger partial charge in [0.2, 0.25) is 5.91 Å². The molecule has 2 aliphatic rings. The molecule has 4 heteroatoms. The maximum absolute atomic E-state index is 12.6. The van der Waals surface area contributed by atoms with Crippen LogP contribution in [-0.4, -0.2) is 61.0 Å². The van der Waals surface area contributed by atoms with Crippen LogP contribution in [0.15, 0.2) is 30.3 Å². The van der Waals surface area contributed by atoms with Crippen molar-refractivity contribution in [1.82, 2.24) is 9.80 Å². The van der Waals surface area contributed by atoms with Crippen LogP contribution in [0.3, 0.4) is 0 Å². The third kappa shape index (κ3) is 4.05. The van der Waals surface area contributed by atoms with Crippen molar-refractivity contribution in [3.63, 3.8) is 0 Å². The van der Waals surface area contributed by atoms with E-state index in [0.717, 1.165) is 44.5 Å². The van der Waals surface area contributed by atoms with E-state index in [-0.39, 0.29) is 5.91 Å². The number of anilines is 1. The van der Waals surface area contributed by atoms with Gasteiger partial charge in [-0.25, -0.2) is 0 Å². The maximum atomic E-state index is 12.6. The standard InChI is InChI=1S/C19H29N3O/c1-2-20(17-8-4-3-5-9-17)16-19(23)22-14-12-21(13-15-22)18-10-6-7-11-18/h3-5,8-9,18H,2,6-7,10-16H2,1H3. The molecule has 3 rings (SSSR count). The third-order valence-corrected chi connectivity index (χ3v) is 5.34. The van der Waals surface area contributed by atoms with E-state index < -0.39 is 0 Å². The molecule has 0 spiro atoms. The van der Waals surface area contributed by atoms with Crippen molar-refractivity contribution in [2.75, 3.05) is 44.2 Å². The molecule has 0 unspecified atom stereocenters. The number of carbonyl (C=O) groups excluding carboxylic acids is 1. The van der Waals surface area contributed by atoms with E-state index in [9.17, 15) is 4.79 Å². The van der Waals surface area contributed by atoms with Gasteiger partial charge >= 0.3 is 0 Å². The Bertz CT molecular complexity index is 491. The van der Waals surface area contributed by atoms with Crippen LogP contribution in [0.2, 0.25) is 0 Å². The van der Waals surface area contributed by atoms with Crippen molar-refractivity contribution in [2.45, 2.75) is 38.6 Å². The van der Waals surface area contributed by atoms with Gasteiger partial charge in [0.05, 0.1) is 6.54 Å². The minimum absolute atomic E-state index is 0.266. The molecule has 0 bridgehead atoms. The smallest absolute Gasteiger partial charge is 0.242 e. The molecule has 1 saturated heterocycles. The number of benzene rings is 1. The van der Waals surface area contributed by atoms with E-state index >= 15 is 0 Å². The zero-order valence-electron chi connectivity index (χ0n) is 14.3. The average Bonchev–Trinajstić information content (AvgIpc) is 3.15. The molecule has 1 aromatic rings. The van der Waals surface area contributed by atoms with E-state index in [0.29, 0.717) is 6.54 Å². The van der Waals surface area contributed by atoms with E-state index in [4.69, 9.17) is 0 Å². The number of nitrogens with zero attached hydrogens (tertiary/aromatic N) is 3. The number of likely N-dealkylation sites (N-methyl/N-ethyl adjacent to an activating group) is 1. The number of piperazine rings is 1. The fourth-order valence-corrected chi connectivity index (χ4v) is 3.89. The quantitative estimate of drug-likeness (QED) is 0.836. The fourth-order valence-electron chi connectivity index (χ4n) is 3.89. The first-order chi connectivity index (χ1) is 11.3. The zero-order valence-corrected chi connectivity index (χ0v) is 14.3. The molecular formula is C19H29N3O. The van der Waals surface area contributed by atoms with Crippen LogP contribution in [0.25, 0.3) is 0 Å². The summed E-state index contributed by atoms with van der Waals surface area (Å²) in [5.74, 6) is 0.266. The average molecular weight is 315 g/mol. The molecule has 0 aromatic heterocycles. The Kier molecular flexibility index (Phi) is 5.55. The van der Waals surface area contributed by atoms with Gasteiger partial charge in [0.25, 0.3) is 0 Å². The van der Waals surface area contributed by atoms with Crippen LogP contribution in [0.4, 0.5) is 5.69 Å². The second kappa shape index (κ2) is 7.82. The monoisotopic (exact) mass is 315 g/mol. The topological polar surface area (TPSA) is 26.8 Å². The molecule has 23 heavy (non-hydrogen) atoms. The van der Waals surface area contributed by atoms with Crippen LogP contribution in [-0.2, 0) is 4.79 Å².